The van der Waals surface area contributed by atoms with Crippen LogP contribution in [0.4, 0.5) is 0 Å². The summed E-state index contributed by atoms with van der Waals surface area (Å²) in [5.74, 6) is 1.05. The van der Waals surface area contributed by atoms with Gasteiger partial charge in [0.15, 0.2) is 0 Å². The zero-order valence-corrected chi connectivity index (χ0v) is 10.2. The summed E-state index contributed by atoms with van der Waals surface area (Å²) in [5.41, 5.74) is 0.273. The standard InChI is InChI=1S/C13H24N2/c1-13(2,8-4-9-14)11-15-10-3-5-12-6-7-12/h12,15H,3-8,10-11H2,1-2H3. The number of hydrogen-bond acceptors (Lipinski definition) is 2. The van der Waals surface area contributed by atoms with E-state index in [0.29, 0.717) is 6.42 Å². The van der Waals surface area contributed by atoms with Gasteiger partial charge in [0.05, 0.1) is 6.07 Å². The molecule has 0 amide bonds. The molecule has 1 fully saturated rings. The maximum atomic E-state index is 8.54. The van der Waals surface area contributed by atoms with Crippen molar-refractivity contribution in [3.63, 3.8) is 0 Å². The fourth-order valence-corrected chi connectivity index (χ4v) is 1.83. The van der Waals surface area contributed by atoms with Crippen LogP contribution in [0.1, 0.15) is 52.4 Å². The van der Waals surface area contributed by atoms with Gasteiger partial charge < -0.3 is 5.32 Å². The Hall–Kier alpha value is -0.550. The summed E-state index contributed by atoms with van der Waals surface area (Å²) < 4.78 is 0. The first kappa shape index (κ1) is 12.5. The number of hydrogen-bond donors (Lipinski definition) is 1. The summed E-state index contributed by atoms with van der Waals surface area (Å²) in [6.07, 6.45) is 7.34. The van der Waals surface area contributed by atoms with Gasteiger partial charge in [0.25, 0.3) is 0 Å². The van der Waals surface area contributed by atoms with Gasteiger partial charge in [-0.1, -0.05) is 26.7 Å². The quantitative estimate of drug-likeness (QED) is 0.622. The van der Waals surface area contributed by atoms with Gasteiger partial charge in [-0.25, -0.2) is 0 Å². The van der Waals surface area contributed by atoms with Crippen molar-refractivity contribution in [3.8, 4) is 6.07 Å². The van der Waals surface area contributed by atoms with Crippen LogP contribution in [0.25, 0.3) is 0 Å². The first-order chi connectivity index (χ1) is 7.14. The average Bonchev–Trinajstić information content (AvgIpc) is 2.98. The highest BCUT2D eigenvalue weighted by Gasteiger charge is 2.20. The van der Waals surface area contributed by atoms with Gasteiger partial charge in [-0.3, -0.25) is 0 Å². The minimum atomic E-state index is 0.273. The van der Waals surface area contributed by atoms with E-state index in [0.717, 1.165) is 25.4 Å². The summed E-state index contributed by atoms with van der Waals surface area (Å²) in [6, 6.07) is 2.22. The van der Waals surface area contributed by atoms with E-state index in [2.05, 4.69) is 25.2 Å². The third kappa shape index (κ3) is 6.52. The molecule has 86 valence electrons. The molecule has 1 rings (SSSR count). The summed E-state index contributed by atoms with van der Waals surface area (Å²) in [6.45, 7) is 6.66. The molecule has 0 spiro atoms. The predicted octanol–water partition coefficient (Wildman–Crippen LogP) is 3.10. The minimum absolute atomic E-state index is 0.273. The van der Waals surface area contributed by atoms with Crippen molar-refractivity contribution in [2.75, 3.05) is 13.1 Å². The van der Waals surface area contributed by atoms with Crippen LogP contribution in [0.2, 0.25) is 0 Å². The molecule has 0 aromatic rings. The van der Waals surface area contributed by atoms with Gasteiger partial charge in [-0.05, 0) is 37.1 Å². The molecule has 0 saturated heterocycles. The Labute approximate surface area is 94.1 Å². The lowest BCUT2D eigenvalue weighted by Crippen LogP contribution is -2.30. The Balaban J connectivity index is 1.94. The molecule has 1 aliphatic carbocycles. The van der Waals surface area contributed by atoms with E-state index in [9.17, 15) is 0 Å². The van der Waals surface area contributed by atoms with E-state index in [-0.39, 0.29) is 5.41 Å². The molecule has 0 aliphatic heterocycles. The molecule has 1 aliphatic rings. The molecule has 0 aromatic carbocycles. The maximum absolute atomic E-state index is 8.54. The number of nitrogens with one attached hydrogen (secondary N) is 1. The molecule has 2 heteroatoms. The van der Waals surface area contributed by atoms with Crippen LogP contribution in [-0.2, 0) is 0 Å². The van der Waals surface area contributed by atoms with Gasteiger partial charge in [0, 0.05) is 13.0 Å². The van der Waals surface area contributed by atoms with Gasteiger partial charge in [-0.15, -0.1) is 0 Å². The largest absolute Gasteiger partial charge is 0.316 e. The van der Waals surface area contributed by atoms with Crippen molar-refractivity contribution in [3.05, 3.63) is 0 Å². The fourth-order valence-electron chi connectivity index (χ4n) is 1.83. The second kappa shape index (κ2) is 6.12. The highest BCUT2D eigenvalue weighted by Crippen LogP contribution is 2.33. The second-order valence-electron chi connectivity index (χ2n) is 5.58. The normalized spacial score (nSPS) is 16.3. The lowest BCUT2D eigenvalue weighted by atomic mass is 9.88. The third-order valence-corrected chi connectivity index (χ3v) is 3.18. The van der Waals surface area contributed by atoms with Gasteiger partial charge in [-0.2, -0.15) is 5.26 Å². The molecule has 2 nitrogen and oxygen atoms in total. The number of nitriles is 1. The average molecular weight is 208 g/mol. The topological polar surface area (TPSA) is 35.8 Å². The molecule has 0 unspecified atom stereocenters. The Morgan fingerprint density at radius 3 is 2.73 bits per heavy atom. The molecule has 0 aromatic heterocycles. The smallest absolute Gasteiger partial charge is 0.0621 e. The Bertz CT molecular complexity index is 211. The fraction of sp³-hybridized carbons (Fsp3) is 0.923. The molecule has 0 heterocycles. The first-order valence-electron chi connectivity index (χ1n) is 6.22. The van der Waals surface area contributed by atoms with Crippen molar-refractivity contribution in [1.29, 1.82) is 5.26 Å². The summed E-state index contributed by atoms with van der Waals surface area (Å²) >= 11 is 0. The van der Waals surface area contributed by atoms with Crippen molar-refractivity contribution >= 4 is 0 Å². The molecule has 0 bridgehead atoms. The van der Waals surface area contributed by atoms with Crippen molar-refractivity contribution in [1.82, 2.24) is 5.32 Å². The van der Waals surface area contributed by atoms with Crippen LogP contribution < -0.4 is 5.32 Å². The van der Waals surface area contributed by atoms with E-state index < -0.39 is 0 Å². The Morgan fingerprint density at radius 1 is 1.40 bits per heavy atom. The summed E-state index contributed by atoms with van der Waals surface area (Å²) in [4.78, 5) is 0. The van der Waals surface area contributed by atoms with Crippen LogP contribution in [0.5, 0.6) is 0 Å². The zero-order chi connectivity index (χ0) is 11.1. The van der Waals surface area contributed by atoms with Crippen LogP contribution >= 0.6 is 0 Å². The van der Waals surface area contributed by atoms with Crippen LogP contribution in [0.3, 0.4) is 0 Å². The van der Waals surface area contributed by atoms with Gasteiger partial charge >= 0.3 is 0 Å². The first-order valence-corrected chi connectivity index (χ1v) is 6.22. The molecule has 0 atom stereocenters. The van der Waals surface area contributed by atoms with Crippen LogP contribution in [-0.4, -0.2) is 13.1 Å². The molecule has 1 N–H and O–H groups in total. The predicted molar refractivity (Wildman–Crippen MR) is 63.5 cm³/mol. The molecular formula is C13H24N2. The summed E-state index contributed by atoms with van der Waals surface area (Å²) in [5, 5.41) is 12.0. The highest BCUT2D eigenvalue weighted by molar-refractivity contribution is 4.79. The van der Waals surface area contributed by atoms with Gasteiger partial charge in [0.1, 0.15) is 0 Å². The third-order valence-electron chi connectivity index (χ3n) is 3.18. The summed E-state index contributed by atoms with van der Waals surface area (Å²) in [7, 11) is 0. The number of nitrogens with zero attached hydrogens (tertiary/aromatic N) is 1. The van der Waals surface area contributed by atoms with Crippen molar-refractivity contribution in [2.45, 2.75) is 52.4 Å². The monoisotopic (exact) mass is 208 g/mol. The van der Waals surface area contributed by atoms with E-state index in [1.54, 1.807) is 0 Å². The van der Waals surface area contributed by atoms with Crippen LogP contribution in [0, 0.1) is 22.7 Å². The van der Waals surface area contributed by atoms with E-state index >= 15 is 0 Å². The van der Waals surface area contributed by atoms with E-state index in [1.807, 2.05) is 0 Å². The zero-order valence-electron chi connectivity index (χ0n) is 10.2. The van der Waals surface area contributed by atoms with E-state index in [1.165, 1.54) is 25.7 Å². The SMILES string of the molecule is CC(C)(CCC#N)CNCCCC1CC1. The van der Waals surface area contributed by atoms with Crippen LogP contribution in [0.15, 0.2) is 0 Å². The Morgan fingerprint density at radius 2 is 2.13 bits per heavy atom. The number of rotatable bonds is 8. The second-order valence-corrected chi connectivity index (χ2v) is 5.58. The lowest BCUT2D eigenvalue weighted by Gasteiger charge is -2.23. The molecule has 0 radical (unpaired) electrons. The molecule has 15 heavy (non-hydrogen) atoms. The van der Waals surface area contributed by atoms with E-state index in [4.69, 9.17) is 5.26 Å². The molecule has 1 saturated carbocycles. The van der Waals surface area contributed by atoms with Crippen molar-refractivity contribution < 1.29 is 0 Å². The van der Waals surface area contributed by atoms with Crippen molar-refractivity contribution in [2.24, 2.45) is 11.3 Å². The van der Waals surface area contributed by atoms with Gasteiger partial charge in [0.2, 0.25) is 0 Å². The molecular weight excluding hydrogens is 184 g/mol. The lowest BCUT2D eigenvalue weighted by molar-refractivity contribution is 0.317. The maximum Gasteiger partial charge on any atom is 0.0621 e. The highest BCUT2D eigenvalue weighted by atomic mass is 14.9. The Kier molecular flexibility index (Phi) is 5.11. The minimum Gasteiger partial charge on any atom is -0.316 e.